The number of nitrogens with zero attached hydrogens (tertiary/aromatic N) is 3. The van der Waals surface area contributed by atoms with Crippen molar-refractivity contribution < 1.29 is 4.74 Å². The molecule has 1 saturated carbocycles. The topological polar surface area (TPSA) is 28.1 Å². The van der Waals surface area contributed by atoms with Crippen molar-refractivity contribution in [2.45, 2.75) is 18.3 Å². The number of methoxy groups -OCH3 is 1. The first kappa shape index (κ1) is 14.7. The van der Waals surface area contributed by atoms with E-state index in [1.165, 1.54) is 18.4 Å². The van der Waals surface area contributed by atoms with Crippen molar-refractivity contribution in [3.05, 3.63) is 29.8 Å². The van der Waals surface area contributed by atoms with Gasteiger partial charge < -0.3 is 14.5 Å². The maximum absolute atomic E-state index is 5.50. The molecule has 0 radical (unpaired) electrons. The maximum Gasteiger partial charge on any atom is 0.195 e. The van der Waals surface area contributed by atoms with Gasteiger partial charge in [0.2, 0.25) is 0 Å². The largest absolute Gasteiger partial charge is 0.496 e. The van der Waals surface area contributed by atoms with Crippen LogP contribution < -0.4 is 4.74 Å². The number of benzene rings is 1. The molecule has 0 bridgehead atoms. The minimum atomic E-state index is 0.171. The van der Waals surface area contributed by atoms with E-state index in [1.54, 1.807) is 7.11 Å². The molecular weight excluding hydrogens is 250 g/mol. The van der Waals surface area contributed by atoms with Gasteiger partial charge in [0.1, 0.15) is 5.75 Å². The second-order valence-corrected chi connectivity index (χ2v) is 5.89. The van der Waals surface area contributed by atoms with Gasteiger partial charge >= 0.3 is 0 Å². The van der Waals surface area contributed by atoms with Crippen molar-refractivity contribution in [2.75, 3.05) is 41.8 Å². The summed E-state index contributed by atoms with van der Waals surface area (Å²) in [6, 6.07) is 8.32. The van der Waals surface area contributed by atoms with Crippen molar-refractivity contribution in [1.82, 2.24) is 9.80 Å². The van der Waals surface area contributed by atoms with E-state index in [0.29, 0.717) is 0 Å². The predicted molar refractivity (Wildman–Crippen MR) is 83.6 cm³/mol. The summed E-state index contributed by atoms with van der Waals surface area (Å²) in [6.07, 6.45) is 2.37. The Morgan fingerprint density at radius 3 is 2.25 bits per heavy atom. The molecule has 1 aliphatic rings. The minimum Gasteiger partial charge on any atom is -0.496 e. The lowest BCUT2D eigenvalue weighted by molar-refractivity contribution is 0.403. The highest BCUT2D eigenvalue weighted by atomic mass is 16.5. The van der Waals surface area contributed by atoms with Gasteiger partial charge in [0.25, 0.3) is 0 Å². The zero-order valence-electron chi connectivity index (χ0n) is 13.2. The van der Waals surface area contributed by atoms with Gasteiger partial charge in [-0.25, -0.2) is 0 Å². The third-order valence-electron chi connectivity index (χ3n) is 3.86. The molecule has 0 N–H and O–H groups in total. The van der Waals surface area contributed by atoms with E-state index in [4.69, 9.17) is 9.73 Å². The molecule has 0 unspecified atom stereocenters. The van der Waals surface area contributed by atoms with Gasteiger partial charge in [-0.1, -0.05) is 18.2 Å². The van der Waals surface area contributed by atoms with Crippen LogP contribution in [-0.2, 0) is 5.41 Å². The molecule has 0 aromatic heterocycles. The van der Waals surface area contributed by atoms with Crippen LogP contribution in [0.15, 0.2) is 29.3 Å². The molecule has 0 spiro atoms. The maximum atomic E-state index is 5.50. The monoisotopic (exact) mass is 275 g/mol. The van der Waals surface area contributed by atoms with Crippen molar-refractivity contribution in [1.29, 1.82) is 0 Å². The van der Waals surface area contributed by atoms with Crippen LogP contribution in [0.4, 0.5) is 0 Å². The second kappa shape index (κ2) is 5.73. The highest BCUT2D eigenvalue weighted by Gasteiger charge is 2.46. The molecule has 0 saturated heterocycles. The summed E-state index contributed by atoms with van der Waals surface area (Å²) in [5.41, 5.74) is 1.47. The van der Waals surface area contributed by atoms with Crippen LogP contribution in [0, 0.1) is 0 Å². The van der Waals surface area contributed by atoms with Crippen molar-refractivity contribution >= 4 is 5.96 Å². The summed E-state index contributed by atoms with van der Waals surface area (Å²) in [7, 11) is 9.86. The number of aliphatic imine (C=N–C) groups is 1. The molecule has 4 nitrogen and oxygen atoms in total. The molecule has 0 heterocycles. The van der Waals surface area contributed by atoms with Crippen LogP contribution in [0.5, 0.6) is 5.75 Å². The highest BCUT2D eigenvalue weighted by molar-refractivity contribution is 5.79. The van der Waals surface area contributed by atoms with Crippen molar-refractivity contribution in [2.24, 2.45) is 4.99 Å². The lowest BCUT2D eigenvalue weighted by atomic mass is 9.95. The predicted octanol–water partition coefficient (Wildman–Crippen LogP) is 2.21. The second-order valence-electron chi connectivity index (χ2n) is 5.89. The Bertz CT molecular complexity index is 480. The number of para-hydroxylation sites is 1. The zero-order chi connectivity index (χ0) is 14.8. The Morgan fingerprint density at radius 2 is 1.75 bits per heavy atom. The molecule has 0 amide bonds. The first-order valence-electron chi connectivity index (χ1n) is 7.03. The SMILES string of the molecule is COc1ccccc1C1(CN=C(N(C)C)N(C)C)CC1. The lowest BCUT2D eigenvalue weighted by Gasteiger charge is -2.24. The Labute approximate surface area is 122 Å². The van der Waals surface area contributed by atoms with Crippen LogP contribution in [0.2, 0.25) is 0 Å². The highest BCUT2D eigenvalue weighted by Crippen LogP contribution is 2.51. The summed E-state index contributed by atoms with van der Waals surface area (Å²) < 4.78 is 5.50. The molecule has 20 heavy (non-hydrogen) atoms. The van der Waals surface area contributed by atoms with Crippen LogP contribution in [0.3, 0.4) is 0 Å². The van der Waals surface area contributed by atoms with Gasteiger partial charge in [-0.15, -0.1) is 0 Å². The summed E-state index contributed by atoms with van der Waals surface area (Å²) in [5.74, 6) is 1.99. The van der Waals surface area contributed by atoms with Crippen molar-refractivity contribution in [3.63, 3.8) is 0 Å². The summed E-state index contributed by atoms with van der Waals surface area (Å²) in [6.45, 7) is 0.819. The summed E-state index contributed by atoms with van der Waals surface area (Å²) >= 11 is 0. The number of hydrogen-bond acceptors (Lipinski definition) is 2. The van der Waals surface area contributed by atoms with Crippen LogP contribution in [0.1, 0.15) is 18.4 Å². The molecular formula is C16H25N3O. The minimum absolute atomic E-state index is 0.171. The van der Waals surface area contributed by atoms with E-state index in [9.17, 15) is 0 Å². The van der Waals surface area contributed by atoms with Gasteiger partial charge in [-0.05, 0) is 18.9 Å². The molecule has 1 aromatic carbocycles. The van der Waals surface area contributed by atoms with Gasteiger partial charge in [0.15, 0.2) is 5.96 Å². The Kier molecular flexibility index (Phi) is 4.21. The smallest absolute Gasteiger partial charge is 0.195 e. The molecule has 1 aliphatic carbocycles. The molecule has 1 fully saturated rings. The number of hydrogen-bond donors (Lipinski definition) is 0. The van der Waals surface area contributed by atoms with E-state index >= 15 is 0 Å². The molecule has 4 heteroatoms. The first-order chi connectivity index (χ1) is 9.50. The van der Waals surface area contributed by atoms with Gasteiger partial charge in [0.05, 0.1) is 13.7 Å². The number of ether oxygens (including phenoxy) is 1. The average molecular weight is 275 g/mol. The quantitative estimate of drug-likeness (QED) is 0.623. The molecule has 0 aliphatic heterocycles. The fourth-order valence-corrected chi connectivity index (χ4v) is 2.65. The fourth-order valence-electron chi connectivity index (χ4n) is 2.65. The first-order valence-corrected chi connectivity index (χ1v) is 7.03. The normalized spacial score (nSPS) is 15.4. The van der Waals surface area contributed by atoms with E-state index in [2.05, 4.69) is 21.9 Å². The van der Waals surface area contributed by atoms with Gasteiger partial charge in [-0.2, -0.15) is 0 Å². The average Bonchev–Trinajstić information content (AvgIpc) is 3.19. The van der Waals surface area contributed by atoms with E-state index in [0.717, 1.165) is 18.3 Å². The van der Waals surface area contributed by atoms with E-state index < -0.39 is 0 Å². The van der Waals surface area contributed by atoms with Crippen molar-refractivity contribution in [3.8, 4) is 5.75 Å². The molecule has 1 aromatic rings. The number of guanidine groups is 1. The van der Waals surface area contributed by atoms with Crippen LogP contribution in [-0.4, -0.2) is 57.6 Å². The summed E-state index contributed by atoms with van der Waals surface area (Å²) in [4.78, 5) is 8.93. The third-order valence-corrected chi connectivity index (χ3v) is 3.86. The zero-order valence-corrected chi connectivity index (χ0v) is 13.2. The Balaban J connectivity index is 2.22. The molecule has 2 rings (SSSR count). The Morgan fingerprint density at radius 1 is 1.15 bits per heavy atom. The van der Waals surface area contributed by atoms with Crippen LogP contribution >= 0.6 is 0 Å². The third kappa shape index (κ3) is 2.89. The van der Waals surface area contributed by atoms with Gasteiger partial charge in [-0.3, -0.25) is 4.99 Å². The number of rotatable bonds is 4. The standard InChI is InChI=1S/C16H25N3O/c1-18(2)15(19(3)4)17-12-16(10-11-16)13-8-6-7-9-14(13)20-5/h6-9H,10-12H2,1-5H3. The van der Waals surface area contributed by atoms with E-state index in [1.807, 2.05) is 40.3 Å². The molecule has 110 valence electrons. The summed E-state index contributed by atoms with van der Waals surface area (Å²) in [5, 5.41) is 0. The lowest BCUT2D eigenvalue weighted by Crippen LogP contribution is -2.36. The van der Waals surface area contributed by atoms with E-state index in [-0.39, 0.29) is 5.41 Å². The Hall–Kier alpha value is -1.71. The van der Waals surface area contributed by atoms with Crippen LogP contribution in [0.25, 0.3) is 0 Å². The van der Waals surface area contributed by atoms with Gasteiger partial charge in [0, 0.05) is 39.2 Å². The molecule has 0 atom stereocenters. The fraction of sp³-hybridized carbons (Fsp3) is 0.562.